The lowest BCUT2D eigenvalue weighted by atomic mass is 10.2. The lowest BCUT2D eigenvalue weighted by molar-refractivity contribution is -0.132. The van der Waals surface area contributed by atoms with Crippen LogP contribution < -0.4 is 5.32 Å². The van der Waals surface area contributed by atoms with Crippen molar-refractivity contribution < 1.29 is 9.47 Å². The highest BCUT2D eigenvalue weighted by atomic mass is 16.6. The molecule has 2 heterocycles. The SMILES string of the molecule is CC1CC2OCCOC2N1. The maximum atomic E-state index is 5.48. The van der Waals surface area contributed by atoms with Crippen LogP contribution in [0.1, 0.15) is 13.3 Å². The molecule has 0 bridgehead atoms. The summed E-state index contributed by atoms with van der Waals surface area (Å²) in [6.45, 7) is 3.65. The highest BCUT2D eigenvalue weighted by Crippen LogP contribution is 2.20. The van der Waals surface area contributed by atoms with Crippen LogP contribution in [0.2, 0.25) is 0 Å². The van der Waals surface area contributed by atoms with Gasteiger partial charge in [0, 0.05) is 6.04 Å². The summed E-state index contributed by atoms with van der Waals surface area (Å²) in [7, 11) is 0. The van der Waals surface area contributed by atoms with Crippen molar-refractivity contribution in [2.45, 2.75) is 31.7 Å². The Morgan fingerprint density at radius 1 is 1.30 bits per heavy atom. The fourth-order valence-electron chi connectivity index (χ4n) is 1.61. The van der Waals surface area contributed by atoms with Gasteiger partial charge in [0.2, 0.25) is 0 Å². The van der Waals surface area contributed by atoms with Gasteiger partial charge in [0.15, 0.2) is 0 Å². The van der Waals surface area contributed by atoms with E-state index in [9.17, 15) is 0 Å². The van der Waals surface area contributed by atoms with Crippen LogP contribution >= 0.6 is 0 Å². The molecule has 1 N–H and O–H groups in total. The summed E-state index contributed by atoms with van der Waals surface area (Å²) in [6, 6.07) is 0.549. The topological polar surface area (TPSA) is 30.5 Å². The van der Waals surface area contributed by atoms with Crippen molar-refractivity contribution in [2.24, 2.45) is 0 Å². The van der Waals surface area contributed by atoms with Crippen LogP contribution in [0.3, 0.4) is 0 Å². The average molecular weight is 143 g/mol. The molecule has 10 heavy (non-hydrogen) atoms. The van der Waals surface area contributed by atoms with Crippen molar-refractivity contribution in [2.75, 3.05) is 13.2 Å². The second-order valence-corrected chi connectivity index (χ2v) is 3.00. The van der Waals surface area contributed by atoms with Gasteiger partial charge in [-0.25, -0.2) is 0 Å². The maximum Gasteiger partial charge on any atom is 0.134 e. The number of rotatable bonds is 0. The third-order valence-electron chi connectivity index (χ3n) is 2.08. The van der Waals surface area contributed by atoms with Crippen molar-refractivity contribution in [3.05, 3.63) is 0 Å². The van der Waals surface area contributed by atoms with Crippen LogP contribution in [0, 0.1) is 0 Å². The molecule has 0 amide bonds. The van der Waals surface area contributed by atoms with Gasteiger partial charge in [0.1, 0.15) is 6.23 Å². The number of nitrogens with one attached hydrogen (secondary N) is 1. The Hall–Kier alpha value is -0.120. The largest absolute Gasteiger partial charge is 0.372 e. The average Bonchev–Trinajstić information content (AvgIpc) is 2.27. The first-order chi connectivity index (χ1) is 4.86. The Labute approximate surface area is 60.7 Å². The van der Waals surface area contributed by atoms with Crippen LogP contribution in [0.4, 0.5) is 0 Å². The summed E-state index contributed by atoms with van der Waals surface area (Å²) in [5, 5.41) is 3.31. The highest BCUT2D eigenvalue weighted by molar-refractivity contribution is 4.85. The third kappa shape index (κ3) is 1.05. The van der Waals surface area contributed by atoms with Gasteiger partial charge in [-0.3, -0.25) is 5.32 Å². The van der Waals surface area contributed by atoms with Gasteiger partial charge in [-0.2, -0.15) is 0 Å². The molecule has 2 fully saturated rings. The van der Waals surface area contributed by atoms with E-state index in [0.717, 1.165) is 19.6 Å². The molecular weight excluding hydrogens is 130 g/mol. The molecule has 0 aromatic carbocycles. The standard InChI is InChI=1S/C7H13NO2/c1-5-4-6-7(8-5)10-3-2-9-6/h5-8H,2-4H2,1H3. The van der Waals surface area contributed by atoms with Gasteiger partial charge >= 0.3 is 0 Å². The summed E-state index contributed by atoms with van der Waals surface area (Å²) >= 11 is 0. The summed E-state index contributed by atoms with van der Waals surface area (Å²) < 4.78 is 10.9. The molecule has 3 nitrogen and oxygen atoms in total. The molecule has 0 aliphatic carbocycles. The molecule has 3 atom stereocenters. The van der Waals surface area contributed by atoms with Crippen molar-refractivity contribution in [3.8, 4) is 0 Å². The predicted octanol–water partition coefficient (Wildman–Crippen LogP) is 0.110. The Balaban J connectivity index is 1.97. The molecule has 0 saturated carbocycles. The van der Waals surface area contributed by atoms with E-state index in [1.165, 1.54) is 0 Å². The zero-order valence-electron chi connectivity index (χ0n) is 6.17. The molecule has 3 unspecified atom stereocenters. The molecule has 3 heteroatoms. The van der Waals surface area contributed by atoms with E-state index in [-0.39, 0.29) is 6.23 Å². The van der Waals surface area contributed by atoms with Crippen molar-refractivity contribution in [1.82, 2.24) is 5.32 Å². The van der Waals surface area contributed by atoms with Gasteiger partial charge in [-0.1, -0.05) is 0 Å². The van der Waals surface area contributed by atoms with Crippen molar-refractivity contribution >= 4 is 0 Å². The van der Waals surface area contributed by atoms with Crippen LogP contribution in [-0.4, -0.2) is 31.6 Å². The van der Waals surface area contributed by atoms with E-state index >= 15 is 0 Å². The lowest BCUT2D eigenvalue weighted by Crippen LogP contribution is -2.41. The van der Waals surface area contributed by atoms with Crippen LogP contribution in [0.5, 0.6) is 0 Å². The summed E-state index contributed by atoms with van der Waals surface area (Å²) in [6.07, 6.45) is 1.57. The number of hydrogen-bond donors (Lipinski definition) is 1. The first kappa shape index (κ1) is 6.58. The first-order valence-corrected chi connectivity index (χ1v) is 3.85. The summed E-state index contributed by atoms with van der Waals surface area (Å²) in [4.78, 5) is 0. The van der Waals surface area contributed by atoms with Crippen molar-refractivity contribution in [3.63, 3.8) is 0 Å². The number of hydrogen-bond acceptors (Lipinski definition) is 3. The summed E-state index contributed by atoms with van der Waals surface area (Å²) in [5.41, 5.74) is 0. The fourth-order valence-corrected chi connectivity index (χ4v) is 1.61. The van der Waals surface area contributed by atoms with E-state index in [1.807, 2.05) is 0 Å². The monoisotopic (exact) mass is 143 g/mol. The second-order valence-electron chi connectivity index (χ2n) is 3.00. The predicted molar refractivity (Wildman–Crippen MR) is 36.7 cm³/mol. The minimum atomic E-state index is 0.170. The van der Waals surface area contributed by atoms with E-state index in [1.54, 1.807) is 0 Å². The number of fused-ring (bicyclic) bond motifs is 1. The Morgan fingerprint density at radius 2 is 2.10 bits per heavy atom. The van der Waals surface area contributed by atoms with Crippen molar-refractivity contribution in [1.29, 1.82) is 0 Å². The third-order valence-corrected chi connectivity index (χ3v) is 2.08. The zero-order chi connectivity index (χ0) is 6.97. The van der Waals surface area contributed by atoms with E-state index < -0.39 is 0 Å². The van der Waals surface area contributed by atoms with E-state index in [0.29, 0.717) is 12.1 Å². The maximum absolute atomic E-state index is 5.48. The van der Waals surface area contributed by atoms with Gasteiger partial charge in [0.05, 0.1) is 19.3 Å². The molecule has 0 spiro atoms. The molecule has 2 aliphatic heterocycles. The Morgan fingerprint density at radius 3 is 2.90 bits per heavy atom. The van der Waals surface area contributed by atoms with Crippen LogP contribution in [-0.2, 0) is 9.47 Å². The Bertz CT molecular complexity index is 115. The highest BCUT2D eigenvalue weighted by Gasteiger charge is 2.34. The van der Waals surface area contributed by atoms with Crippen LogP contribution in [0.15, 0.2) is 0 Å². The molecule has 0 aromatic rings. The van der Waals surface area contributed by atoms with Gasteiger partial charge < -0.3 is 9.47 Å². The normalized spacial score (nSPS) is 47.1. The molecule has 2 rings (SSSR count). The number of ether oxygens (including phenoxy) is 2. The van der Waals surface area contributed by atoms with Gasteiger partial charge in [-0.05, 0) is 13.3 Å². The molecule has 2 saturated heterocycles. The lowest BCUT2D eigenvalue weighted by Gasteiger charge is -2.25. The minimum absolute atomic E-state index is 0.170. The van der Waals surface area contributed by atoms with E-state index in [2.05, 4.69) is 12.2 Å². The molecular formula is C7H13NO2. The second kappa shape index (κ2) is 2.49. The first-order valence-electron chi connectivity index (χ1n) is 3.85. The minimum Gasteiger partial charge on any atom is -0.372 e. The van der Waals surface area contributed by atoms with Gasteiger partial charge in [0.25, 0.3) is 0 Å². The quantitative estimate of drug-likeness (QED) is 0.522. The zero-order valence-corrected chi connectivity index (χ0v) is 6.17. The van der Waals surface area contributed by atoms with E-state index in [4.69, 9.17) is 9.47 Å². The molecule has 2 aliphatic rings. The smallest absolute Gasteiger partial charge is 0.134 e. The van der Waals surface area contributed by atoms with Crippen LogP contribution in [0.25, 0.3) is 0 Å². The molecule has 58 valence electrons. The molecule has 0 aromatic heterocycles. The fraction of sp³-hybridized carbons (Fsp3) is 1.00. The Kier molecular flexibility index (Phi) is 1.64. The van der Waals surface area contributed by atoms with Gasteiger partial charge in [-0.15, -0.1) is 0 Å². The summed E-state index contributed by atoms with van der Waals surface area (Å²) in [5.74, 6) is 0. The molecule has 0 radical (unpaired) electrons.